The lowest BCUT2D eigenvalue weighted by Gasteiger charge is -2.21. The molecule has 0 aliphatic heterocycles. The van der Waals surface area contributed by atoms with Crippen LogP contribution in [0.2, 0.25) is 0 Å². The Bertz CT molecular complexity index is 2360. The zero-order valence-electron chi connectivity index (χ0n) is 64.3. The summed E-state index contributed by atoms with van der Waals surface area (Å²) in [6, 6.07) is 0. The second-order valence-corrected chi connectivity index (χ2v) is 29.5. The Morgan fingerprint density at radius 2 is 0.510 bits per heavy atom. The molecule has 0 radical (unpaired) electrons. The second kappa shape index (κ2) is 75.0. The van der Waals surface area contributed by atoms with E-state index < -0.39 is 97.5 Å². The largest absolute Gasteiger partial charge is 0.472 e. The summed E-state index contributed by atoms with van der Waals surface area (Å²) in [5, 5.41) is 10.6. The van der Waals surface area contributed by atoms with Crippen molar-refractivity contribution in [1.82, 2.24) is 0 Å². The summed E-state index contributed by atoms with van der Waals surface area (Å²) in [5.41, 5.74) is 0. The molecule has 102 heavy (non-hydrogen) atoms. The van der Waals surface area contributed by atoms with Crippen LogP contribution in [0.3, 0.4) is 0 Å². The number of unbranched alkanes of at least 4 members (excludes halogenated alkanes) is 31. The molecular weight excluding hydrogens is 1330 g/mol. The maximum atomic E-state index is 13.1. The van der Waals surface area contributed by atoms with E-state index in [9.17, 15) is 43.2 Å². The van der Waals surface area contributed by atoms with Gasteiger partial charge < -0.3 is 33.8 Å². The number of esters is 4. The first-order valence-corrected chi connectivity index (χ1v) is 43.1. The van der Waals surface area contributed by atoms with Gasteiger partial charge in [-0.05, 0) is 128 Å². The standard InChI is InChI=1S/C83H144O17P2/c1-5-9-13-17-21-25-29-33-37-38-42-44-48-52-56-60-64-68-81(86)94-74-79(100-83(88)70-66-62-58-54-50-46-41-36-32-28-24-20-16-12-8-4)76-98-102(91,92)96-72-77(84)71-95-101(89,90)97-75-78(99-82(87)69-65-61-57-53-49-45-40-35-31-27-23-19-15-11-7-3)73-93-80(85)67-63-59-55-51-47-43-39-34-30-26-22-18-14-10-6-2/h9,12-13,16,21-22,24-26,28,33-34,36-37,39,41-42,44,77-79,84H,5-8,10-11,14-15,17-20,23,27,29-32,35,38,40,43,45-76H2,1-4H3,(H,89,90)(H,91,92)/b13-9-,16-12-,25-21-,26-22-,28-24-,37-33-,39-34-,41-36-,44-42-. The summed E-state index contributed by atoms with van der Waals surface area (Å²) in [7, 11) is -9.97. The van der Waals surface area contributed by atoms with Crippen LogP contribution in [0.15, 0.2) is 109 Å². The van der Waals surface area contributed by atoms with Crippen LogP contribution in [0, 0.1) is 0 Å². The van der Waals surface area contributed by atoms with Gasteiger partial charge in [-0.1, -0.05) is 291 Å². The molecule has 0 aliphatic carbocycles. The fourth-order valence-corrected chi connectivity index (χ4v) is 12.2. The third-order valence-corrected chi connectivity index (χ3v) is 18.6. The third-order valence-electron chi connectivity index (χ3n) is 16.7. The molecular formula is C83H144O17P2. The Morgan fingerprint density at radius 3 is 0.804 bits per heavy atom. The average molecular weight is 1480 g/mol. The molecule has 0 aromatic rings. The highest BCUT2D eigenvalue weighted by Gasteiger charge is 2.30. The molecule has 0 aromatic heterocycles. The van der Waals surface area contributed by atoms with Crippen molar-refractivity contribution in [3.63, 3.8) is 0 Å². The van der Waals surface area contributed by atoms with E-state index in [2.05, 4.69) is 137 Å². The fraction of sp³-hybridized carbons (Fsp3) is 0.735. The first kappa shape index (κ1) is 97.7. The maximum Gasteiger partial charge on any atom is 0.472 e. The number of carbonyl (C=O) groups is 4. The number of phosphoric acid groups is 2. The van der Waals surface area contributed by atoms with Crippen LogP contribution in [-0.2, 0) is 65.4 Å². The number of allylic oxidation sites excluding steroid dienone is 18. The van der Waals surface area contributed by atoms with Gasteiger partial charge >= 0.3 is 39.5 Å². The number of phosphoric ester groups is 2. The summed E-state index contributed by atoms with van der Waals surface area (Å²) >= 11 is 0. The van der Waals surface area contributed by atoms with Crippen molar-refractivity contribution in [2.45, 2.75) is 354 Å². The van der Waals surface area contributed by atoms with Crippen LogP contribution in [0.25, 0.3) is 0 Å². The molecule has 5 unspecified atom stereocenters. The number of rotatable bonds is 75. The Kier molecular flexibility index (Phi) is 71.8. The summed E-state index contributed by atoms with van der Waals surface area (Å²) in [5.74, 6) is -2.22. The van der Waals surface area contributed by atoms with Gasteiger partial charge in [0.2, 0.25) is 0 Å². The Balaban J connectivity index is 5.39. The molecule has 0 saturated heterocycles. The SMILES string of the molecule is CC/C=C\C/C=C\C/C=C\C/C=C\CCCCCCC(=O)OCC(COP(=O)(O)OCC(O)COP(=O)(O)OCC(COC(=O)CCCCCCC/C=C\C/C=C\CCCCC)OC(=O)CCCCCCCCCCCCCCCCC)OC(=O)CCCCCCC/C=C\C/C=C\C/C=C\CC. The van der Waals surface area contributed by atoms with Crippen LogP contribution in [-0.4, -0.2) is 96.7 Å². The van der Waals surface area contributed by atoms with Crippen LogP contribution in [0.4, 0.5) is 0 Å². The smallest absolute Gasteiger partial charge is 0.462 e. The number of ether oxygens (including phenoxy) is 4. The van der Waals surface area contributed by atoms with Crippen LogP contribution < -0.4 is 0 Å². The van der Waals surface area contributed by atoms with Gasteiger partial charge in [-0.2, -0.15) is 0 Å². The van der Waals surface area contributed by atoms with E-state index in [-0.39, 0.29) is 25.7 Å². The molecule has 3 N–H and O–H groups in total. The van der Waals surface area contributed by atoms with Crippen molar-refractivity contribution >= 4 is 39.5 Å². The number of aliphatic hydroxyl groups is 1. The van der Waals surface area contributed by atoms with E-state index in [4.69, 9.17) is 37.0 Å². The first-order chi connectivity index (χ1) is 49.7. The van der Waals surface area contributed by atoms with Gasteiger partial charge in [0.15, 0.2) is 12.2 Å². The van der Waals surface area contributed by atoms with Gasteiger partial charge in [0.05, 0.1) is 26.4 Å². The summed E-state index contributed by atoms with van der Waals surface area (Å²) in [6.07, 6.45) is 80.6. The molecule has 17 nitrogen and oxygen atoms in total. The van der Waals surface area contributed by atoms with E-state index in [1.807, 2.05) is 0 Å². The maximum absolute atomic E-state index is 13.1. The molecule has 0 aliphatic rings. The lowest BCUT2D eigenvalue weighted by Crippen LogP contribution is -2.30. The van der Waals surface area contributed by atoms with Gasteiger partial charge in [0.25, 0.3) is 0 Å². The molecule has 0 spiro atoms. The van der Waals surface area contributed by atoms with E-state index in [0.29, 0.717) is 25.7 Å². The molecule has 0 rings (SSSR count). The van der Waals surface area contributed by atoms with E-state index in [1.165, 1.54) is 83.5 Å². The highest BCUT2D eigenvalue weighted by atomic mass is 31.2. The van der Waals surface area contributed by atoms with Gasteiger partial charge in [-0.3, -0.25) is 37.3 Å². The highest BCUT2D eigenvalue weighted by molar-refractivity contribution is 7.47. The molecule has 588 valence electrons. The average Bonchev–Trinajstić information content (AvgIpc) is 0.923. The minimum atomic E-state index is -4.99. The van der Waals surface area contributed by atoms with Crippen molar-refractivity contribution in [3.05, 3.63) is 109 Å². The van der Waals surface area contributed by atoms with Crippen molar-refractivity contribution in [2.24, 2.45) is 0 Å². The third kappa shape index (κ3) is 74.0. The molecule has 0 aromatic carbocycles. The quantitative estimate of drug-likeness (QED) is 0.0169. The molecule has 0 heterocycles. The van der Waals surface area contributed by atoms with Crippen molar-refractivity contribution in [2.75, 3.05) is 39.6 Å². The Morgan fingerprint density at radius 1 is 0.284 bits per heavy atom. The van der Waals surface area contributed by atoms with E-state index in [0.717, 1.165) is 173 Å². The molecule has 19 heteroatoms. The van der Waals surface area contributed by atoms with E-state index in [1.54, 1.807) is 0 Å². The van der Waals surface area contributed by atoms with Gasteiger partial charge in [-0.25, -0.2) is 9.13 Å². The van der Waals surface area contributed by atoms with Crippen molar-refractivity contribution in [1.29, 1.82) is 0 Å². The van der Waals surface area contributed by atoms with Crippen LogP contribution >= 0.6 is 15.6 Å². The molecule has 5 atom stereocenters. The van der Waals surface area contributed by atoms with Crippen LogP contribution in [0.1, 0.15) is 336 Å². The lowest BCUT2D eigenvalue weighted by molar-refractivity contribution is -0.161. The predicted molar refractivity (Wildman–Crippen MR) is 418 cm³/mol. The summed E-state index contributed by atoms with van der Waals surface area (Å²) in [6.45, 7) is 4.60. The monoisotopic (exact) mass is 1470 g/mol. The van der Waals surface area contributed by atoms with Gasteiger partial charge in [0.1, 0.15) is 19.3 Å². The van der Waals surface area contributed by atoms with Gasteiger partial charge in [-0.15, -0.1) is 0 Å². The normalized spacial score (nSPS) is 14.5. The predicted octanol–water partition coefficient (Wildman–Crippen LogP) is 23.3. The molecule has 0 saturated carbocycles. The summed E-state index contributed by atoms with van der Waals surface area (Å²) < 4.78 is 68.6. The number of aliphatic hydroxyl groups excluding tert-OH is 1. The highest BCUT2D eigenvalue weighted by Crippen LogP contribution is 2.45. The zero-order chi connectivity index (χ0) is 74.6. The minimum Gasteiger partial charge on any atom is -0.462 e. The van der Waals surface area contributed by atoms with Crippen molar-refractivity contribution < 1.29 is 80.2 Å². The number of hydrogen-bond donors (Lipinski definition) is 3. The fourth-order valence-electron chi connectivity index (χ4n) is 10.7. The molecule has 0 amide bonds. The Hall–Kier alpha value is -4.28. The number of carbonyl (C=O) groups excluding carboxylic acids is 4. The topological polar surface area (TPSA) is 237 Å². The number of hydrogen-bond acceptors (Lipinski definition) is 15. The van der Waals surface area contributed by atoms with Crippen LogP contribution in [0.5, 0.6) is 0 Å². The zero-order valence-corrected chi connectivity index (χ0v) is 66.0. The Labute approximate surface area is 619 Å². The minimum absolute atomic E-state index is 0.0684. The molecule has 0 bridgehead atoms. The lowest BCUT2D eigenvalue weighted by atomic mass is 10.0. The molecule has 0 fully saturated rings. The summed E-state index contributed by atoms with van der Waals surface area (Å²) in [4.78, 5) is 73.0. The van der Waals surface area contributed by atoms with E-state index >= 15 is 0 Å². The second-order valence-electron chi connectivity index (χ2n) is 26.6. The van der Waals surface area contributed by atoms with Gasteiger partial charge in [0, 0.05) is 25.7 Å². The first-order valence-electron chi connectivity index (χ1n) is 40.1. The van der Waals surface area contributed by atoms with Crippen molar-refractivity contribution in [3.8, 4) is 0 Å².